The number of aromatic nitrogens is 4. The van der Waals surface area contributed by atoms with Crippen LogP contribution >= 0.6 is 0 Å². The highest BCUT2D eigenvalue weighted by Gasteiger charge is 2.42. The zero-order chi connectivity index (χ0) is 24.2. The molecule has 0 aliphatic rings. The SMILES string of the molecule is C=CCn1cc(-c2ccc(-c3ccn(CCC(C)(C(O)NO)S(C)(=O)=O)c(=O)c3)cc2)nn1. The molecule has 0 spiro atoms. The summed E-state index contributed by atoms with van der Waals surface area (Å²) < 4.78 is 25.7. The van der Waals surface area contributed by atoms with Crippen molar-refractivity contribution in [2.75, 3.05) is 6.26 Å². The highest BCUT2D eigenvalue weighted by molar-refractivity contribution is 7.92. The van der Waals surface area contributed by atoms with Crippen LogP contribution < -0.4 is 11.0 Å². The molecule has 3 aromatic rings. The maximum Gasteiger partial charge on any atom is 0.251 e. The molecule has 2 unspecified atom stereocenters. The Kier molecular flexibility index (Phi) is 7.28. The number of aliphatic hydroxyl groups excluding tert-OH is 1. The van der Waals surface area contributed by atoms with Gasteiger partial charge in [-0.3, -0.25) is 4.79 Å². The molecule has 2 atom stereocenters. The lowest BCUT2D eigenvalue weighted by Crippen LogP contribution is -2.53. The van der Waals surface area contributed by atoms with Crippen molar-refractivity contribution in [2.24, 2.45) is 0 Å². The molecule has 0 aliphatic heterocycles. The van der Waals surface area contributed by atoms with Crippen LogP contribution in [-0.4, -0.2) is 55.5 Å². The van der Waals surface area contributed by atoms with Crippen LogP contribution in [0.2, 0.25) is 0 Å². The van der Waals surface area contributed by atoms with Gasteiger partial charge in [-0.15, -0.1) is 11.7 Å². The van der Waals surface area contributed by atoms with Gasteiger partial charge in [0, 0.05) is 30.6 Å². The van der Waals surface area contributed by atoms with Crippen LogP contribution in [0.4, 0.5) is 0 Å². The van der Waals surface area contributed by atoms with Gasteiger partial charge in [-0.05, 0) is 30.5 Å². The van der Waals surface area contributed by atoms with Crippen LogP contribution in [0, 0.1) is 0 Å². The molecule has 10 nitrogen and oxygen atoms in total. The number of hydrogen-bond donors (Lipinski definition) is 3. The largest absolute Gasteiger partial charge is 0.375 e. The van der Waals surface area contributed by atoms with Crippen molar-refractivity contribution in [3.8, 4) is 22.4 Å². The number of sulfone groups is 1. The first-order chi connectivity index (χ1) is 15.6. The number of rotatable bonds is 10. The van der Waals surface area contributed by atoms with E-state index in [1.807, 2.05) is 30.5 Å². The molecule has 176 valence electrons. The summed E-state index contributed by atoms with van der Waals surface area (Å²) >= 11 is 0. The normalized spacial score (nSPS) is 14.5. The first-order valence-electron chi connectivity index (χ1n) is 10.2. The summed E-state index contributed by atoms with van der Waals surface area (Å²) in [4.78, 5) is 12.6. The third-order valence-electron chi connectivity index (χ3n) is 5.76. The monoisotopic (exact) mass is 473 g/mol. The topological polar surface area (TPSA) is 139 Å². The Morgan fingerprint density at radius 3 is 2.45 bits per heavy atom. The second-order valence-electron chi connectivity index (χ2n) is 8.01. The predicted molar refractivity (Wildman–Crippen MR) is 124 cm³/mol. The molecule has 1 aromatic carbocycles. The van der Waals surface area contributed by atoms with Crippen molar-refractivity contribution in [3.05, 3.63) is 71.8 Å². The van der Waals surface area contributed by atoms with E-state index in [4.69, 9.17) is 5.21 Å². The summed E-state index contributed by atoms with van der Waals surface area (Å²) in [6, 6.07) is 10.8. The summed E-state index contributed by atoms with van der Waals surface area (Å²) in [5.41, 5.74) is 4.44. The minimum absolute atomic E-state index is 0.0424. The van der Waals surface area contributed by atoms with Crippen LogP contribution in [0.15, 0.2) is 66.2 Å². The number of benzene rings is 1. The Bertz CT molecular complexity index is 1280. The molecule has 11 heteroatoms. The molecule has 2 heterocycles. The number of nitrogens with one attached hydrogen (secondary N) is 1. The lowest BCUT2D eigenvalue weighted by atomic mass is 10.0. The van der Waals surface area contributed by atoms with E-state index in [1.165, 1.54) is 17.6 Å². The third-order valence-corrected chi connectivity index (χ3v) is 7.88. The molecule has 0 saturated heterocycles. The fourth-order valence-electron chi connectivity index (χ4n) is 3.36. The molecule has 0 amide bonds. The van der Waals surface area contributed by atoms with Crippen LogP contribution in [0.25, 0.3) is 22.4 Å². The predicted octanol–water partition coefficient (Wildman–Crippen LogP) is 1.45. The smallest absolute Gasteiger partial charge is 0.251 e. The van der Waals surface area contributed by atoms with Gasteiger partial charge in [0.15, 0.2) is 9.84 Å². The highest BCUT2D eigenvalue weighted by Crippen LogP contribution is 2.26. The maximum atomic E-state index is 12.6. The maximum absolute atomic E-state index is 12.6. The van der Waals surface area contributed by atoms with E-state index in [0.29, 0.717) is 12.1 Å². The van der Waals surface area contributed by atoms with Crippen molar-refractivity contribution in [1.29, 1.82) is 0 Å². The van der Waals surface area contributed by atoms with E-state index in [9.17, 15) is 18.3 Å². The fourth-order valence-corrected chi connectivity index (χ4v) is 4.28. The third kappa shape index (κ3) is 5.28. The Labute approximate surface area is 191 Å². The van der Waals surface area contributed by atoms with Crippen LogP contribution in [-0.2, 0) is 22.9 Å². The minimum atomic E-state index is -3.74. The van der Waals surface area contributed by atoms with Crippen LogP contribution in [0.5, 0.6) is 0 Å². The molecule has 2 aromatic heterocycles. The summed E-state index contributed by atoms with van der Waals surface area (Å²) in [5.74, 6) is 0. The fraction of sp³-hybridized carbons (Fsp3) is 0.318. The van der Waals surface area contributed by atoms with Gasteiger partial charge in [-0.2, -0.15) is 5.48 Å². The Balaban J connectivity index is 1.77. The van der Waals surface area contributed by atoms with Crippen molar-refractivity contribution in [2.45, 2.75) is 37.4 Å². The van der Waals surface area contributed by atoms with Crippen LogP contribution in [0.1, 0.15) is 13.3 Å². The minimum Gasteiger partial charge on any atom is -0.375 e. The molecule has 3 N–H and O–H groups in total. The average molecular weight is 474 g/mol. The van der Waals surface area contributed by atoms with Crippen LogP contribution in [0.3, 0.4) is 0 Å². The van der Waals surface area contributed by atoms with E-state index in [2.05, 4.69) is 16.9 Å². The summed E-state index contributed by atoms with van der Waals surface area (Å²) in [7, 11) is -3.74. The van der Waals surface area contributed by atoms with Gasteiger partial charge in [-0.25, -0.2) is 13.1 Å². The van der Waals surface area contributed by atoms with E-state index < -0.39 is 20.8 Å². The number of aliphatic hydroxyl groups is 1. The Morgan fingerprint density at radius 1 is 1.21 bits per heavy atom. The number of hydrogen-bond acceptors (Lipinski definition) is 8. The van der Waals surface area contributed by atoms with Gasteiger partial charge >= 0.3 is 0 Å². The standard InChI is InChI=1S/C22H27N5O5S/c1-4-11-27-15-19(23-25-27)17-7-5-16(6-8-17)18-9-12-26(20(28)14-18)13-10-22(2,21(29)24-30)33(3,31)32/h4-9,12,14-15,21,24,29-30H,1,10-11,13H2,2-3H3. The lowest BCUT2D eigenvalue weighted by molar-refractivity contribution is -0.0232. The Morgan fingerprint density at radius 2 is 1.88 bits per heavy atom. The molecule has 33 heavy (non-hydrogen) atoms. The second-order valence-corrected chi connectivity index (χ2v) is 10.5. The van der Waals surface area contributed by atoms with Gasteiger partial charge in [0.25, 0.3) is 5.56 Å². The van der Waals surface area contributed by atoms with Gasteiger partial charge in [0.1, 0.15) is 16.7 Å². The van der Waals surface area contributed by atoms with Crippen molar-refractivity contribution >= 4 is 9.84 Å². The van der Waals surface area contributed by atoms with Gasteiger partial charge in [-0.1, -0.05) is 35.6 Å². The molecule has 3 rings (SSSR count). The van der Waals surface area contributed by atoms with Gasteiger partial charge < -0.3 is 14.9 Å². The van der Waals surface area contributed by atoms with E-state index in [1.54, 1.807) is 28.5 Å². The lowest BCUT2D eigenvalue weighted by Gasteiger charge is -2.31. The molecule has 0 saturated carbocycles. The van der Waals surface area contributed by atoms with Gasteiger partial charge in [0.05, 0.1) is 12.7 Å². The quantitative estimate of drug-likeness (QED) is 0.228. The zero-order valence-corrected chi connectivity index (χ0v) is 19.2. The average Bonchev–Trinajstić information content (AvgIpc) is 3.25. The first-order valence-corrected chi connectivity index (χ1v) is 12.1. The van der Waals surface area contributed by atoms with Crippen molar-refractivity contribution < 1.29 is 18.7 Å². The number of hydroxylamine groups is 1. The zero-order valence-electron chi connectivity index (χ0n) is 18.4. The molecule has 0 bridgehead atoms. The van der Waals surface area contributed by atoms with Crippen molar-refractivity contribution in [1.82, 2.24) is 25.0 Å². The number of allylic oxidation sites excluding steroid dienone is 1. The number of pyridine rings is 1. The summed E-state index contributed by atoms with van der Waals surface area (Å²) in [6.45, 7) is 5.60. The van der Waals surface area contributed by atoms with E-state index in [0.717, 1.165) is 23.1 Å². The first kappa shape index (κ1) is 24.5. The molecule has 0 radical (unpaired) electrons. The molecule has 0 fully saturated rings. The van der Waals surface area contributed by atoms with E-state index in [-0.39, 0.29) is 18.5 Å². The number of aryl methyl sites for hydroxylation is 1. The molecular weight excluding hydrogens is 446 g/mol. The summed E-state index contributed by atoms with van der Waals surface area (Å²) in [6.07, 6.45) is 4.33. The van der Waals surface area contributed by atoms with Gasteiger partial charge in [0.2, 0.25) is 0 Å². The molecule has 0 aliphatic carbocycles. The number of nitrogens with zero attached hydrogens (tertiary/aromatic N) is 4. The Hall–Kier alpha value is -3.12. The molecular formula is C22H27N5O5S. The van der Waals surface area contributed by atoms with Crippen molar-refractivity contribution in [3.63, 3.8) is 0 Å². The summed E-state index contributed by atoms with van der Waals surface area (Å²) in [5, 5.41) is 27.1. The van der Waals surface area contributed by atoms with E-state index >= 15 is 0 Å². The second kappa shape index (κ2) is 9.79. The highest BCUT2D eigenvalue weighted by atomic mass is 32.2.